The van der Waals surface area contributed by atoms with Crippen molar-refractivity contribution >= 4 is 23.2 Å². The Labute approximate surface area is 96.5 Å². The van der Waals surface area contributed by atoms with Crippen molar-refractivity contribution in [1.82, 2.24) is 15.0 Å². The molecule has 0 aliphatic carbocycles. The predicted molar refractivity (Wildman–Crippen MR) is 59.2 cm³/mol. The number of carbonyl (C=O) groups excluding carboxylic acids is 1. The fraction of sp³-hybridized carbons (Fsp3) is 0. The summed E-state index contributed by atoms with van der Waals surface area (Å²) in [7, 11) is 0. The van der Waals surface area contributed by atoms with Crippen molar-refractivity contribution in [2.45, 2.75) is 0 Å². The van der Waals surface area contributed by atoms with E-state index in [1.54, 1.807) is 24.5 Å². The summed E-state index contributed by atoms with van der Waals surface area (Å²) in [5.41, 5.74) is 0.859. The normalized spacial score (nSPS) is 9.81. The van der Waals surface area contributed by atoms with Crippen molar-refractivity contribution in [3.8, 4) is 0 Å². The van der Waals surface area contributed by atoms with Crippen LogP contribution in [0.3, 0.4) is 0 Å². The van der Waals surface area contributed by atoms with Gasteiger partial charge in [-0.25, -0.2) is 9.97 Å². The lowest BCUT2D eigenvalue weighted by Gasteiger charge is -2.03. The third-order valence-corrected chi connectivity index (χ3v) is 1.99. The summed E-state index contributed by atoms with van der Waals surface area (Å²) in [5.74, 6) is -0.338. The highest BCUT2D eigenvalue weighted by molar-refractivity contribution is 6.29. The van der Waals surface area contributed by atoms with Gasteiger partial charge < -0.3 is 5.32 Å². The van der Waals surface area contributed by atoms with E-state index >= 15 is 0 Å². The number of nitrogens with zero attached hydrogens (tertiary/aromatic N) is 3. The van der Waals surface area contributed by atoms with Gasteiger partial charge in [-0.2, -0.15) is 0 Å². The second-order valence-electron chi connectivity index (χ2n) is 2.91. The largest absolute Gasteiger partial charge is 0.320 e. The Balaban J connectivity index is 2.12. The van der Waals surface area contributed by atoms with Crippen LogP contribution in [0.1, 0.15) is 10.5 Å². The average molecular weight is 235 g/mol. The minimum absolute atomic E-state index is 0.209. The standard InChI is InChI=1S/C10H7ClN4O/c11-9-6-13-8(5-14-9)10(16)15-7-1-3-12-4-2-7/h1-6H,(H,12,15,16). The number of rotatable bonds is 2. The van der Waals surface area contributed by atoms with Gasteiger partial charge in [0.15, 0.2) is 0 Å². The van der Waals surface area contributed by atoms with Gasteiger partial charge in [-0.15, -0.1) is 0 Å². The van der Waals surface area contributed by atoms with Gasteiger partial charge in [0.25, 0.3) is 5.91 Å². The molecule has 1 amide bonds. The Hall–Kier alpha value is -2.01. The molecule has 0 radical (unpaired) electrons. The van der Waals surface area contributed by atoms with Gasteiger partial charge in [-0.1, -0.05) is 11.6 Å². The van der Waals surface area contributed by atoms with E-state index in [9.17, 15) is 4.79 Å². The van der Waals surface area contributed by atoms with Crippen LogP contribution >= 0.6 is 11.6 Å². The summed E-state index contributed by atoms with van der Waals surface area (Å²) in [6.45, 7) is 0. The molecule has 6 heteroatoms. The van der Waals surface area contributed by atoms with Crippen molar-refractivity contribution in [2.24, 2.45) is 0 Å². The zero-order valence-corrected chi connectivity index (χ0v) is 8.85. The van der Waals surface area contributed by atoms with Crippen LogP contribution in [0.5, 0.6) is 0 Å². The average Bonchev–Trinajstić information content (AvgIpc) is 2.31. The smallest absolute Gasteiger partial charge is 0.275 e. The first kappa shape index (κ1) is 10.5. The molecule has 0 atom stereocenters. The first-order valence-electron chi connectivity index (χ1n) is 4.44. The van der Waals surface area contributed by atoms with Crippen molar-refractivity contribution < 1.29 is 4.79 Å². The molecule has 1 N–H and O–H groups in total. The Kier molecular flexibility index (Phi) is 3.07. The lowest BCUT2D eigenvalue weighted by molar-refractivity contribution is 0.102. The SMILES string of the molecule is O=C(Nc1ccncc1)c1cnc(Cl)cn1. The lowest BCUT2D eigenvalue weighted by Crippen LogP contribution is -2.13. The second kappa shape index (κ2) is 4.67. The molecule has 2 aromatic heterocycles. The summed E-state index contributed by atoms with van der Waals surface area (Å²) in [4.78, 5) is 23.1. The van der Waals surface area contributed by atoms with Crippen molar-refractivity contribution in [1.29, 1.82) is 0 Å². The molecule has 0 unspecified atom stereocenters. The van der Waals surface area contributed by atoms with Gasteiger partial charge in [-0.05, 0) is 12.1 Å². The van der Waals surface area contributed by atoms with Crippen molar-refractivity contribution in [3.63, 3.8) is 0 Å². The molecule has 0 aromatic carbocycles. The molecule has 5 nitrogen and oxygen atoms in total. The predicted octanol–water partition coefficient (Wildman–Crippen LogP) is 1.78. The maximum atomic E-state index is 11.6. The van der Waals surface area contributed by atoms with E-state index in [1.165, 1.54) is 12.4 Å². The third kappa shape index (κ3) is 2.52. The molecule has 2 aromatic rings. The van der Waals surface area contributed by atoms with Crippen LogP contribution < -0.4 is 5.32 Å². The lowest BCUT2D eigenvalue weighted by atomic mass is 10.3. The number of nitrogens with one attached hydrogen (secondary N) is 1. The fourth-order valence-corrected chi connectivity index (χ4v) is 1.16. The van der Waals surface area contributed by atoms with Gasteiger partial charge in [0.1, 0.15) is 10.8 Å². The fourth-order valence-electron chi connectivity index (χ4n) is 1.06. The molecule has 2 rings (SSSR count). The summed E-state index contributed by atoms with van der Waals surface area (Å²) in [6.07, 6.45) is 5.81. The monoisotopic (exact) mass is 234 g/mol. The molecule has 0 aliphatic rings. The van der Waals surface area contributed by atoms with E-state index in [4.69, 9.17) is 11.6 Å². The first-order valence-corrected chi connectivity index (χ1v) is 4.82. The van der Waals surface area contributed by atoms with Crippen molar-refractivity contribution in [3.05, 3.63) is 47.8 Å². The van der Waals surface area contributed by atoms with Crippen LogP contribution in [0, 0.1) is 0 Å². The van der Waals surface area contributed by atoms with Crippen LogP contribution in [0.2, 0.25) is 5.15 Å². The first-order chi connectivity index (χ1) is 7.75. The second-order valence-corrected chi connectivity index (χ2v) is 3.30. The Morgan fingerprint density at radius 2 is 1.94 bits per heavy atom. The van der Waals surface area contributed by atoms with E-state index in [-0.39, 0.29) is 16.8 Å². The molecule has 0 saturated carbocycles. The summed E-state index contributed by atoms with van der Waals surface area (Å²) in [6, 6.07) is 3.36. The summed E-state index contributed by atoms with van der Waals surface area (Å²) < 4.78 is 0. The minimum Gasteiger partial charge on any atom is -0.320 e. The zero-order valence-electron chi connectivity index (χ0n) is 8.09. The van der Waals surface area contributed by atoms with E-state index in [1.807, 2.05) is 0 Å². The summed E-state index contributed by atoms with van der Waals surface area (Å²) in [5, 5.41) is 2.90. The van der Waals surface area contributed by atoms with Crippen LogP contribution in [0.25, 0.3) is 0 Å². The van der Waals surface area contributed by atoms with Crippen LogP contribution in [-0.2, 0) is 0 Å². The molecular formula is C10H7ClN4O. The number of pyridine rings is 1. The molecule has 80 valence electrons. The number of anilines is 1. The Morgan fingerprint density at radius 3 is 2.56 bits per heavy atom. The van der Waals surface area contributed by atoms with E-state index in [0.29, 0.717) is 5.69 Å². The number of aromatic nitrogens is 3. The number of halogens is 1. The number of amides is 1. The topological polar surface area (TPSA) is 67.8 Å². The van der Waals surface area contributed by atoms with Gasteiger partial charge in [0, 0.05) is 18.1 Å². The summed E-state index contributed by atoms with van der Waals surface area (Å²) >= 11 is 5.56. The molecule has 2 heterocycles. The molecule has 16 heavy (non-hydrogen) atoms. The quantitative estimate of drug-likeness (QED) is 0.860. The molecule has 0 spiro atoms. The third-order valence-electron chi connectivity index (χ3n) is 1.79. The van der Waals surface area contributed by atoms with E-state index in [0.717, 1.165) is 0 Å². The van der Waals surface area contributed by atoms with Crippen LogP contribution in [0.15, 0.2) is 36.9 Å². The van der Waals surface area contributed by atoms with Crippen LogP contribution in [-0.4, -0.2) is 20.9 Å². The highest BCUT2D eigenvalue weighted by Crippen LogP contribution is 2.06. The maximum Gasteiger partial charge on any atom is 0.275 e. The maximum absolute atomic E-state index is 11.6. The molecule has 0 saturated heterocycles. The van der Waals surface area contributed by atoms with E-state index < -0.39 is 0 Å². The van der Waals surface area contributed by atoms with Gasteiger partial charge in [0.2, 0.25) is 0 Å². The van der Waals surface area contributed by atoms with Gasteiger partial charge >= 0.3 is 0 Å². The zero-order chi connectivity index (χ0) is 11.4. The minimum atomic E-state index is -0.338. The Morgan fingerprint density at radius 1 is 1.19 bits per heavy atom. The van der Waals surface area contributed by atoms with Gasteiger partial charge in [0.05, 0.1) is 12.4 Å². The molecule has 0 bridgehead atoms. The number of hydrogen-bond donors (Lipinski definition) is 1. The van der Waals surface area contributed by atoms with Crippen LogP contribution in [0.4, 0.5) is 5.69 Å². The Bertz CT molecular complexity index is 486. The molecule has 0 aliphatic heterocycles. The van der Waals surface area contributed by atoms with Crippen molar-refractivity contribution in [2.75, 3.05) is 5.32 Å². The highest BCUT2D eigenvalue weighted by atomic mass is 35.5. The van der Waals surface area contributed by atoms with Gasteiger partial charge in [-0.3, -0.25) is 9.78 Å². The van der Waals surface area contributed by atoms with E-state index in [2.05, 4.69) is 20.3 Å². The highest BCUT2D eigenvalue weighted by Gasteiger charge is 2.07. The number of hydrogen-bond acceptors (Lipinski definition) is 4. The number of carbonyl (C=O) groups is 1. The molecular weight excluding hydrogens is 228 g/mol. The molecule has 0 fully saturated rings.